The first kappa shape index (κ1) is 12.8. The monoisotopic (exact) mass is 241 g/mol. The molecule has 0 spiro atoms. The van der Waals surface area contributed by atoms with Gasteiger partial charge in [0.1, 0.15) is 0 Å². The van der Waals surface area contributed by atoms with Crippen LogP contribution in [0.3, 0.4) is 0 Å². The second kappa shape index (κ2) is 5.83. The van der Waals surface area contributed by atoms with Gasteiger partial charge in [0, 0.05) is 38.1 Å². The van der Waals surface area contributed by atoms with Crippen molar-refractivity contribution in [2.24, 2.45) is 11.8 Å². The van der Waals surface area contributed by atoms with Crippen LogP contribution in [0.1, 0.15) is 32.6 Å². The minimum absolute atomic E-state index is 0.150. The van der Waals surface area contributed by atoms with Crippen LogP contribution >= 0.6 is 0 Å². The van der Waals surface area contributed by atoms with Gasteiger partial charge in [0.2, 0.25) is 5.91 Å². The number of hydrogen-bond donors (Lipinski definition) is 1. The molecule has 2 saturated heterocycles. The van der Waals surface area contributed by atoms with Crippen LogP contribution in [-0.4, -0.2) is 48.3 Å². The fourth-order valence-corrected chi connectivity index (χ4v) is 2.82. The Morgan fingerprint density at radius 1 is 1.35 bits per heavy atom. The maximum Gasteiger partial charge on any atom is 0.225 e. The summed E-state index contributed by atoms with van der Waals surface area (Å²) in [5.74, 6) is 0.683. The van der Waals surface area contributed by atoms with Gasteiger partial charge >= 0.3 is 0 Å². The van der Waals surface area contributed by atoms with Crippen molar-refractivity contribution in [3.63, 3.8) is 0 Å². The zero-order chi connectivity index (χ0) is 12.3. The number of carbonyl (C=O) groups is 1. The summed E-state index contributed by atoms with van der Waals surface area (Å²) < 4.78 is 5.29. The normalized spacial score (nSPS) is 31.5. The smallest absolute Gasteiger partial charge is 0.225 e. The lowest BCUT2D eigenvalue weighted by Gasteiger charge is -2.38. The second-order valence-electron chi connectivity index (χ2n) is 5.20. The number of nitrogens with zero attached hydrogens (tertiary/aromatic N) is 1. The van der Waals surface area contributed by atoms with Gasteiger partial charge < -0.3 is 14.7 Å². The Hall–Kier alpha value is -0.610. The van der Waals surface area contributed by atoms with Gasteiger partial charge in [0.05, 0.1) is 6.10 Å². The molecule has 17 heavy (non-hydrogen) atoms. The first-order chi connectivity index (χ1) is 8.22. The number of carbonyl (C=O) groups excluding carboxylic acids is 1. The molecule has 0 bridgehead atoms. The Morgan fingerprint density at radius 3 is 2.71 bits per heavy atom. The number of rotatable bonds is 2. The molecule has 98 valence electrons. The van der Waals surface area contributed by atoms with Crippen LogP contribution in [0.15, 0.2) is 0 Å². The average Bonchev–Trinajstić information content (AvgIpc) is 2.39. The van der Waals surface area contributed by atoms with Crippen molar-refractivity contribution in [1.82, 2.24) is 4.90 Å². The summed E-state index contributed by atoms with van der Waals surface area (Å²) in [7, 11) is 0. The third kappa shape index (κ3) is 2.99. The van der Waals surface area contributed by atoms with Gasteiger partial charge in [-0.15, -0.1) is 0 Å². The van der Waals surface area contributed by atoms with E-state index in [9.17, 15) is 9.90 Å². The average molecular weight is 241 g/mol. The minimum atomic E-state index is -0.223. The van der Waals surface area contributed by atoms with Gasteiger partial charge in [-0.05, 0) is 25.7 Å². The highest BCUT2D eigenvalue weighted by atomic mass is 16.5. The highest BCUT2D eigenvalue weighted by Crippen LogP contribution is 2.24. The van der Waals surface area contributed by atoms with Gasteiger partial charge in [-0.25, -0.2) is 0 Å². The molecule has 2 aliphatic rings. The van der Waals surface area contributed by atoms with Crippen LogP contribution in [-0.2, 0) is 9.53 Å². The van der Waals surface area contributed by atoms with E-state index in [2.05, 4.69) is 6.92 Å². The van der Waals surface area contributed by atoms with Crippen LogP contribution in [0.4, 0.5) is 0 Å². The van der Waals surface area contributed by atoms with Crippen LogP contribution in [0.5, 0.6) is 0 Å². The predicted molar refractivity (Wildman–Crippen MR) is 64.5 cm³/mol. The number of amides is 1. The van der Waals surface area contributed by atoms with E-state index in [4.69, 9.17) is 4.74 Å². The largest absolute Gasteiger partial charge is 0.393 e. The summed E-state index contributed by atoms with van der Waals surface area (Å²) in [6.07, 6.45) is 3.16. The molecule has 2 heterocycles. The van der Waals surface area contributed by atoms with Crippen LogP contribution in [0.2, 0.25) is 0 Å². The topological polar surface area (TPSA) is 49.8 Å². The van der Waals surface area contributed by atoms with E-state index in [1.807, 2.05) is 4.90 Å². The third-order valence-corrected chi connectivity index (χ3v) is 4.10. The van der Waals surface area contributed by atoms with Crippen molar-refractivity contribution in [3.8, 4) is 0 Å². The summed E-state index contributed by atoms with van der Waals surface area (Å²) in [5, 5.41) is 9.82. The van der Waals surface area contributed by atoms with Crippen molar-refractivity contribution in [3.05, 3.63) is 0 Å². The third-order valence-electron chi connectivity index (χ3n) is 4.10. The minimum Gasteiger partial charge on any atom is -0.393 e. The van der Waals surface area contributed by atoms with Crippen LogP contribution in [0, 0.1) is 11.8 Å². The van der Waals surface area contributed by atoms with E-state index in [1.165, 1.54) is 0 Å². The number of aliphatic hydroxyl groups is 1. The van der Waals surface area contributed by atoms with Gasteiger partial charge in [-0.3, -0.25) is 4.79 Å². The molecule has 0 aliphatic carbocycles. The molecule has 1 amide bonds. The Labute approximate surface area is 103 Å². The molecule has 4 heteroatoms. The number of aliphatic hydroxyl groups excluding tert-OH is 1. The fourth-order valence-electron chi connectivity index (χ4n) is 2.82. The molecule has 2 aliphatic heterocycles. The lowest BCUT2D eigenvalue weighted by atomic mass is 9.90. The van der Waals surface area contributed by atoms with Gasteiger partial charge in [0.15, 0.2) is 0 Å². The molecule has 0 radical (unpaired) electrons. The molecule has 2 unspecified atom stereocenters. The van der Waals surface area contributed by atoms with Gasteiger partial charge in [0.25, 0.3) is 0 Å². The summed E-state index contributed by atoms with van der Waals surface area (Å²) in [5.41, 5.74) is 0. The molecule has 2 atom stereocenters. The lowest BCUT2D eigenvalue weighted by molar-refractivity contribution is -0.142. The molecule has 0 saturated carbocycles. The fraction of sp³-hybridized carbons (Fsp3) is 0.923. The maximum absolute atomic E-state index is 12.3. The Morgan fingerprint density at radius 2 is 2.06 bits per heavy atom. The Kier molecular flexibility index (Phi) is 4.40. The van der Waals surface area contributed by atoms with Crippen molar-refractivity contribution >= 4 is 5.91 Å². The van der Waals surface area contributed by atoms with Crippen molar-refractivity contribution in [2.45, 2.75) is 38.7 Å². The molecular formula is C13H23NO3. The number of likely N-dealkylation sites (tertiary alicyclic amines) is 1. The number of ether oxygens (including phenoxy) is 1. The molecular weight excluding hydrogens is 218 g/mol. The summed E-state index contributed by atoms with van der Waals surface area (Å²) in [6.45, 7) is 4.95. The Balaban J connectivity index is 1.90. The van der Waals surface area contributed by atoms with Crippen molar-refractivity contribution in [2.75, 3.05) is 26.3 Å². The van der Waals surface area contributed by atoms with Crippen molar-refractivity contribution < 1.29 is 14.6 Å². The molecule has 0 aromatic carbocycles. The molecule has 2 rings (SSSR count). The SMILES string of the molecule is CCC1CN(C(=O)C2CCOCC2)CCC1O. The highest BCUT2D eigenvalue weighted by Gasteiger charge is 2.32. The molecule has 4 nitrogen and oxygen atoms in total. The summed E-state index contributed by atoms with van der Waals surface area (Å²) in [6, 6.07) is 0. The van der Waals surface area contributed by atoms with E-state index < -0.39 is 0 Å². The summed E-state index contributed by atoms with van der Waals surface area (Å²) in [4.78, 5) is 14.3. The molecule has 0 aromatic heterocycles. The number of hydrogen-bond acceptors (Lipinski definition) is 3. The van der Waals surface area contributed by atoms with Gasteiger partial charge in [-0.1, -0.05) is 6.92 Å². The molecule has 2 fully saturated rings. The highest BCUT2D eigenvalue weighted by molar-refractivity contribution is 5.79. The van der Waals surface area contributed by atoms with E-state index in [0.29, 0.717) is 19.8 Å². The Bertz CT molecular complexity index is 263. The zero-order valence-corrected chi connectivity index (χ0v) is 10.6. The standard InChI is InChI=1S/C13H23NO3/c1-2-10-9-14(6-3-12(10)15)13(16)11-4-7-17-8-5-11/h10-12,15H,2-9H2,1H3. The van der Waals surface area contributed by atoms with E-state index in [1.54, 1.807) is 0 Å². The predicted octanol–water partition coefficient (Wildman–Crippen LogP) is 1.03. The first-order valence-corrected chi connectivity index (χ1v) is 6.77. The maximum atomic E-state index is 12.3. The van der Waals surface area contributed by atoms with Crippen LogP contribution < -0.4 is 0 Å². The number of piperidine rings is 1. The zero-order valence-electron chi connectivity index (χ0n) is 10.6. The second-order valence-corrected chi connectivity index (χ2v) is 5.20. The van der Waals surface area contributed by atoms with Crippen molar-refractivity contribution in [1.29, 1.82) is 0 Å². The summed E-state index contributed by atoms with van der Waals surface area (Å²) >= 11 is 0. The van der Waals surface area contributed by atoms with E-state index in [-0.39, 0.29) is 23.8 Å². The quantitative estimate of drug-likeness (QED) is 0.785. The lowest BCUT2D eigenvalue weighted by Crippen LogP contribution is -2.48. The molecule has 0 aromatic rings. The molecule has 1 N–H and O–H groups in total. The first-order valence-electron chi connectivity index (χ1n) is 6.77. The van der Waals surface area contributed by atoms with Crippen LogP contribution in [0.25, 0.3) is 0 Å². The van der Waals surface area contributed by atoms with E-state index >= 15 is 0 Å². The van der Waals surface area contributed by atoms with E-state index in [0.717, 1.165) is 32.2 Å². The van der Waals surface area contributed by atoms with Gasteiger partial charge in [-0.2, -0.15) is 0 Å².